The molecule has 0 spiro atoms. The van der Waals surface area contributed by atoms with Crippen LogP contribution in [0, 0.1) is 5.92 Å². The molecule has 6 heteroatoms. The van der Waals surface area contributed by atoms with Crippen molar-refractivity contribution in [2.24, 2.45) is 5.92 Å². The van der Waals surface area contributed by atoms with Gasteiger partial charge in [0, 0.05) is 0 Å². The predicted octanol–water partition coefficient (Wildman–Crippen LogP) is 3.15. The van der Waals surface area contributed by atoms with Crippen LogP contribution < -0.4 is 5.32 Å². The van der Waals surface area contributed by atoms with Crippen molar-refractivity contribution in [2.75, 3.05) is 0 Å². The first-order valence-corrected chi connectivity index (χ1v) is 6.32. The highest BCUT2D eigenvalue weighted by Crippen LogP contribution is 2.20. The fraction of sp³-hybridized carbons (Fsp3) is 0.462. The van der Waals surface area contributed by atoms with Gasteiger partial charge in [-0.3, -0.25) is 4.79 Å². The van der Waals surface area contributed by atoms with Gasteiger partial charge in [0.25, 0.3) is 0 Å². The second-order valence-corrected chi connectivity index (χ2v) is 5.09. The molecule has 0 aliphatic heterocycles. The molecule has 0 saturated carbocycles. The zero-order valence-corrected chi connectivity index (χ0v) is 11.1. The molecule has 0 saturated heterocycles. The molecule has 0 aliphatic carbocycles. The van der Waals surface area contributed by atoms with Crippen LogP contribution in [-0.2, 0) is 11.2 Å². The lowest BCUT2D eigenvalue weighted by Crippen LogP contribution is -2.50. The molecular weight excluding hydrogens is 254 g/mol. The quantitative estimate of drug-likeness (QED) is 0.792. The van der Waals surface area contributed by atoms with Gasteiger partial charge in [0.1, 0.15) is 0 Å². The fourth-order valence-electron chi connectivity index (χ4n) is 1.85. The Bertz CT molecular complexity index is 406. The van der Waals surface area contributed by atoms with E-state index in [1.807, 2.05) is 0 Å². The largest absolute Gasteiger partial charge is 0.500 e. The molecule has 0 aromatic heterocycles. The second kappa shape index (κ2) is 6.64. The Labute approximate surface area is 111 Å². The van der Waals surface area contributed by atoms with Crippen LogP contribution in [-0.4, -0.2) is 18.8 Å². The van der Waals surface area contributed by atoms with Crippen LogP contribution in [0.1, 0.15) is 25.8 Å². The van der Waals surface area contributed by atoms with Crippen LogP contribution in [0.15, 0.2) is 30.3 Å². The van der Waals surface area contributed by atoms with E-state index in [-0.39, 0.29) is 18.8 Å². The number of halogens is 3. The minimum absolute atomic E-state index is 0.0262. The molecule has 1 atom stereocenters. The smallest absolute Gasteiger partial charge is 0.448 e. The lowest BCUT2D eigenvalue weighted by atomic mass is 9.74. The van der Waals surface area contributed by atoms with Crippen molar-refractivity contribution in [2.45, 2.75) is 32.6 Å². The number of hydrogen-bond acceptors (Lipinski definition) is 1. The summed E-state index contributed by atoms with van der Waals surface area (Å²) < 4.78 is 38.5. The van der Waals surface area contributed by atoms with Crippen molar-refractivity contribution in [3.8, 4) is 0 Å². The molecular formula is C13H18BF3NO-. The molecule has 1 aromatic carbocycles. The highest BCUT2D eigenvalue weighted by atomic mass is 19.4. The minimum Gasteiger partial charge on any atom is -0.448 e. The number of benzene rings is 1. The Balaban J connectivity index is 2.61. The van der Waals surface area contributed by atoms with Crippen LogP contribution in [0.4, 0.5) is 12.9 Å². The van der Waals surface area contributed by atoms with Crippen molar-refractivity contribution < 1.29 is 17.7 Å². The number of carbonyl (C=O) groups is 1. The monoisotopic (exact) mass is 272 g/mol. The average Bonchev–Trinajstić information content (AvgIpc) is 2.27. The predicted molar refractivity (Wildman–Crippen MR) is 70.6 cm³/mol. The molecule has 1 aromatic rings. The van der Waals surface area contributed by atoms with Gasteiger partial charge in [-0.1, -0.05) is 50.6 Å². The highest BCUT2D eigenvalue weighted by Gasteiger charge is 2.36. The van der Waals surface area contributed by atoms with Crippen LogP contribution in [0.5, 0.6) is 0 Å². The summed E-state index contributed by atoms with van der Waals surface area (Å²) in [6.45, 7) is -1.65. The summed E-state index contributed by atoms with van der Waals surface area (Å²) in [6, 6.07) is 8.73. The zero-order valence-electron chi connectivity index (χ0n) is 11.1. The maximum atomic E-state index is 12.8. The van der Waals surface area contributed by atoms with Gasteiger partial charge in [-0.25, -0.2) is 0 Å². The average molecular weight is 272 g/mol. The Morgan fingerprint density at radius 3 is 2.26 bits per heavy atom. The van der Waals surface area contributed by atoms with Gasteiger partial charge in [-0.05, 0) is 17.4 Å². The molecule has 1 N–H and O–H groups in total. The molecule has 0 heterocycles. The van der Waals surface area contributed by atoms with Crippen molar-refractivity contribution in [1.29, 1.82) is 0 Å². The van der Waals surface area contributed by atoms with E-state index in [4.69, 9.17) is 0 Å². The summed E-state index contributed by atoms with van der Waals surface area (Å²) in [4.78, 5) is 11.6. The van der Waals surface area contributed by atoms with E-state index in [0.29, 0.717) is 5.56 Å². The molecule has 2 nitrogen and oxygen atoms in total. The molecule has 1 rings (SSSR count). The Morgan fingerprint density at radius 2 is 1.79 bits per heavy atom. The second-order valence-electron chi connectivity index (χ2n) is 5.09. The zero-order chi connectivity index (χ0) is 14.5. The molecule has 106 valence electrons. The molecule has 0 bridgehead atoms. The van der Waals surface area contributed by atoms with Crippen LogP contribution >= 0.6 is 0 Å². The highest BCUT2D eigenvalue weighted by molar-refractivity contribution is 6.60. The maximum Gasteiger partial charge on any atom is 0.500 e. The fourth-order valence-corrected chi connectivity index (χ4v) is 1.85. The number of hydrogen-bond donors (Lipinski definition) is 1. The van der Waals surface area contributed by atoms with E-state index < -0.39 is 18.8 Å². The van der Waals surface area contributed by atoms with Crippen LogP contribution in [0.3, 0.4) is 0 Å². The molecule has 1 amide bonds. The van der Waals surface area contributed by atoms with Crippen molar-refractivity contribution >= 4 is 12.9 Å². The van der Waals surface area contributed by atoms with E-state index in [1.165, 1.54) is 0 Å². The van der Waals surface area contributed by atoms with Gasteiger partial charge in [-0.15, -0.1) is 0 Å². The van der Waals surface area contributed by atoms with E-state index in [9.17, 15) is 17.7 Å². The summed E-state index contributed by atoms with van der Waals surface area (Å²) in [5, 5.41) is 2.10. The van der Waals surface area contributed by atoms with Gasteiger partial charge in [0.15, 0.2) is 0 Å². The minimum atomic E-state index is -5.06. The van der Waals surface area contributed by atoms with E-state index in [2.05, 4.69) is 5.32 Å². The molecule has 19 heavy (non-hydrogen) atoms. The van der Waals surface area contributed by atoms with Gasteiger partial charge in [-0.2, -0.15) is 0 Å². The molecule has 0 fully saturated rings. The number of carbonyl (C=O) groups excluding carboxylic acids is 1. The topological polar surface area (TPSA) is 29.1 Å². The summed E-state index contributed by atoms with van der Waals surface area (Å²) in [5.74, 6) is -2.42. The Kier molecular flexibility index (Phi) is 5.45. The van der Waals surface area contributed by atoms with E-state index >= 15 is 0 Å². The van der Waals surface area contributed by atoms with Crippen LogP contribution in [0.25, 0.3) is 0 Å². The third kappa shape index (κ3) is 5.81. The van der Waals surface area contributed by atoms with Crippen molar-refractivity contribution in [1.82, 2.24) is 5.32 Å². The normalized spacial score (nSPS) is 13.4. The SMILES string of the molecule is CC(C)C[C@H](NC(=O)Cc1ccccc1)[B-](F)(F)F. The Morgan fingerprint density at radius 1 is 1.21 bits per heavy atom. The first-order chi connectivity index (χ1) is 8.79. The standard InChI is InChI=1S/C13H18BF3NO/c1-10(2)8-12(14(15,16)17)18-13(19)9-11-6-4-3-5-7-11/h3-7,10,12H,8-9H2,1-2H3,(H,18,19)/q-1/t12-/m0/s1. The molecule has 0 radical (unpaired) electrons. The van der Waals surface area contributed by atoms with Gasteiger partial charge in [0.2, 0.25) is 5.91 Å². The molecule has 0 aliphatic rings. The lowest BCUT2D eigenvalue weighted by molar-refractivity contribution is -0.121. The van der Waals surface area contributed by atoms with E-state index in [1.54, 1.807) is 44.2 Å². The summed E-state index contributed by atoms with van der Waals surface area (Å²) >= 11 is 0. The third-order valence-corrected chi connectivity index (χ3v) is 2.74. The summed E-state index contributed by atoms with van der Waals surface area (Å²) in [7, 11) is 0. The van der Waals surface area contributed by atoms with Gasteiger partial charge >= 0.3 is 6.98 Å². The first-order valence-electron chi connectivity index (χ1n) is 6.32. The van der Waals surface area contributed by atoms with Gasteiger partial charge in [0.05, 0.1) is 6.42 Å². The number of amides is 1. The van der Waals surface area contributed by atoms with Crippen molar-refractivity contribution in [3.05, 3.63) is 35.9 Å². The third-order valence-electron chi connectivity index (χ3n) is 2.74. The number of nitrogens with one attached hydrogen (secondary N) is 1. The Hall–Kier alpha value is -1.46. The maximum absolute atomic E-state index is 12.8. The first kappa shape index (κ1) is 15.6. The summed E-state index contributed by atoms with van der Waals surface area (Å²) in [6.07, 6.45) is -0.106. The van der Waals surface area contributed by atoms with E-state index in [0.717, 1.165) is 0 Å². The summed E-state index contributed by atoms with van der Waals surface area (Å²) in [5.41, 5.74) is 0.706. The number of rotatable bonds is 6. The van der Waals surface area contributed by atoms with Crippen molar-refractivity contribution in [3.63, 3.8) is 0 Å². The van der Waals surface area contributed by atoms with Crippen LogP contribution in [0.2, 0.25) is 0 Å². The van der Waals surface area contributed by atoms with Gasteiger partial charge < -0.3 is 18.3 Å². The molecule has 0 unspecified atom stereocenters. The lowest BCUT2D eigenvalue weighted by Gasteiger charge is -2.29.